The number of aromatic nitrogens is 3. The van der Waals surface area contributed by atoms with Crippen LogP contribution in [-0.4, -0.2) is 12.6 Å². The average Bonchev–Trinajstić information content (AvgIpc) is 3.83. The molecule has 0 saturated heterocycles. The Labute approximate surface area is 377 Å². The first-order valence-electron chi connectivity index (χ1n) is 23.1. The lowest BCUT2D eigenvalue weighted by Crippen LogP contribution is -2.53. The molecule has 2 aliphatic rings. The summed E-state index contributed by atoms with van der Waals surface area (Å²) < 4.78 is 29.6. The van der Waals surface area contributed by atoms with Gasteiger partial charge in [-0.3, -0.25) is 0 Å². The zero-order valence-corrected chi connectivity index (χ0v) is 39.0. The van der Waals surface area contributed by atoms with Gasteiger partial charge in [-0.1, -0.05) is 133 Å². The van der Waals surface area contributed by atoms with Crippen molar-refractivity contribution in [2.24, 2.45) is 0 Å². The molecule has 0 aliphatic carbocycles. The van der Waals surface area contributed by atoms with Crippen LogP contribution in [0.4, 0.5) is 4.39 Å². The molecule has 11 rings (SSSR count). The van der Waals surface area contributed by atoms with Crippen LogP contribution in [0.25, 0.3) is 78.1 Å². The van der Waals surface area contributed by atoms with Gasteiger partial charge in [-0.25, -0.2) is 4.39 Å². The van der Waals surface area contributed by atoms with E-state index in [4.69, 9.17) is 11.0 Å². The Morgan fingerprint density at radius 1 is 0.750 bits per heavy atom. The molecule has 0 saturated carbocycles. The molecule has 0 fully saturated rings. The van der Waals surface area contributed by atoms with E-state index in [1.54, 1.807) is 6.07 Å². The topological polar surface area (TPSA) is 25.8 Å². The summed E-state index contributed by atoms with van der Waals surface area (Å²) in [6, 6.07) is 47.9. The van der Waals surface area contributed by atoms with Crippen LogP contribution in [0.3, 0.4) is 0 Å². The fraction of sp³-hybridized carbons (Fsp3) is 0.241. The summed E-state index contributed by atoms with van der Waals surface area (Å²) in [5.41, 5.74) is 17.0. The van der Waals surface area contributed by atoms with Crippen LogP contribution in [-0.2, 0) is 6.42 Å². The minimum Gasteiger partial charge on any atom is -0.455 e. The predicted octanol–water partition coefficient (Wildman–Crippen LogP) is 14.2. The number of aryl methyl sites for hydroxylation is 1. The fourth-order valence-corrected chi connectivity index (χ4v) is 12.1. The van der Waals surface area contributed by atoms with Gasteiger partial charge in [0, 0.05) is 50.7 Å². The SMILES string of the molecule is C=C1CC2C(CCc3ccc4c(oc5cc(F)ccc54)c3-c3n(-c4c(C(C)C)cc(-c5ccccc5)cc4C(C)C)c4ccccc4[n+]31)c1ccccc1-c1ccc([Si](C)(C)C)c[n+]12. The number of hydrogen-bond donors (Lipinski definition) is 0. The third-order valence-corrected chi connectivity index (χ3v) is 16.3. The molecule has 4 nitrogen and oxygen atoms in total. The van der Waals surface area contributed by atoms with Crippen LogP contribution in [0.15, 0.2) is 151 Å². The van der Waals surface area contributed by atoms with Gasteiger partial charge in [-0.05, 0) is 89.4 Å². The van der Waals surface area contributed by atoms with Gasteiger partial charge in [0.15, 0.2) is 28.9 Å². The molecule has 6 aromatic carbocycles. The Bertz CT molecular complexity index is 3320. The highest BCUT2D eigenvalue weighted by Crippen LogP contribution is 2.48. The lowest BCUT2D eigenvalue weighted by Gasteiger charge is -2.32. The number of imidazole rings is 1. The maximum absolute atomic E-state index is 15.0. The Balaban J connectivity index is 1.27. The standard InChI is InChI=1S/C58H56FN3OSi/c1-35(2)48-31-40(38-16-10-9-11-17-38)32-49(36(3)4)56(48)62-52-21-15-14-20-51(52)61-37(5)30-53-45(43-18-12-13-19-44(43)50-29-25-42(34-60(50)53)64(6,7)8)26-22-39-23-27-47-46-28-24-41(59)33-54(46)63-57(47)55(39)58(61)62/h9-21,23-25,27-29,31-36,45,53H,5,22,26,30H2,1-4,6-8H3/q+2. The average molecular weight is 858 g/mol. The Hall–Kier alpha value is -6.37. The second-order valence-corrected chi connectivity index (χ2v) is 25.0. The zero-order chi connectivity index (χ0) is 44.2. The third-order valence-electron chi connectivity index (χ3n) is 14.2. The van der Waals surface area contributed by atoms with Gasteiger partial charge in [-0.15, -0.1) is 0 Å². The molecule has 9 aromatic rings. The summed E-state index contributed by atoms with van der Waals surface area (Å²) in [6.45, 7) is 21.7. The van der Waals surface area contributed by atoms with E-state index in [2.05, 4.69) is 182 Å². The van der Waals surface area contributed by atoms with Crippen molar-refractivity contribution in [3.63, 3.8) is 0 Å². The highest BCUT2D eigenvalue weighted by atomic mass is 28.3. The first-order chi connectivity index (χ1) is 30.9. The molecular formula is C58H56FN3OSi+2. The first kappa shape index (κ1) is 40.4. The predicted molar refractivity (Wildman–Crippen MR) is 265 cm³/mol. The van der Waals surface area contributed by atoms with E-state index in [1.165, 1.54) is 61.6 Å². The van der Waals surface area contributed by atoms with E-state index < -0.39 is 8.07 Å². The van der Waals surface area contributed by atoms with Crippen molar-refractivity contribution in [2.45, 2.75) is 90.4 Å². The van der Waals surface area contributed by atoms with E-state index in [9.17, 15) is 0 Å². The molecule has 318 valence electrons. The molecule has 3 aromatic heterocycles. The molecule has 64 heavy (non-hydrogen) atoms. The normalized spacial score (nSPS) is 16.2. The number of nitrogens with zero attached hydrogens (tertiary/aromatic N) is 3. The molecule has 0 amide bonds. The Morgan fingerprint density at radius 2 is 1.45 bits per heavy atom. The number of pyridine rings is 1. The van der Waals surface area contributed by atoms with Crippen molar-refractivity contribution in [1.82, 2.24) is 4.57 Å². The molecule has 2 atom stereocenters. The maximum atomic E-state index is 15.0. The number of halogens is 1. The zero-order valence-electron chi connectivity index (χ0n) is 38.0. The van der Waals surface area contributed by atoms with Crippen molar-refractivity contribution in [1.29, 1.82) is 0 Å². The molecule has 0 bridgehead atoms. The summed E-state index contributed by atoms with van der Waals surface area (Å²) >= 11 is 0. The van der Waals surface area contributed by atoms with Gasteiger partial charge in [-0.2, -0.15) is 13.7 Å². The number of hydrogen-bond acceptors (Lipinski definition) is 1. The number of allylic oxidation sites excluding steroid dienone is 1. The third kappa shape index (κ3) is 6.35. The molecule has 0 N–H and O–H groups in total. The van der Waals surface area contributed by atoms with Crippen LogP contribution in [0.2, 0.25) is 19.6 Å². The van der Waals surface area contributed by atoms with Crippen LogP contribution in [0.1, 0.15) is 86.6 Å². The van der Waals surface area contributed by atoms with E-state index in [1.807, 2.05) is 6.07 Å². The van der Waals surface area contributed by atoms with Gasteiger partial charge in [0.25, 0.3) is 0 Å². The summed E-state index contributed by atoms with van der Waals surface area (Å²) in [7, 11) is -1.66. The number of rotatable bonds is 5. The summed E-state index contributed by atoms with van der Waals surface area (Å²) in [5.74, 6) is 1.37. The van der Waals surface area contributed by atoms with Crippen LogP contribution >= 0.6 is 0 Å². The van der Waals surface area contributed by atoms with Gasteiger partial charge < -0.3 is 4.42 Å². The molecular weight excluding hydrogens is 802 g/mol. The van der Waals surface area contributed by atoms with Crippen LogP contribution in [0, 0.1) is 5.82 Å². The minimum atomic E-state index is -1.66. The second kappa shape index (κ2) is 15.1. The van der Waals surface area contributed by atoms with Crippen molar-refractivity contribution < 1.29 is 17.9 Å². The van der Waals surface area contributed by atoms with Crippen molar-refractivity contribution in [3.8, 4) is 39.5 Å². The summed E-state index contributed by atoms with van der Waals surface area (Å²) in [5, 5.41) is 3.35. The number of para-hydroxylation sites is 2. The fourth-order valence-electron chi connectivity index (χ4n) is 11.0. The van der Waals surface area contributed by atoms with Gasteiger partial charge in [0.05, 0.1) is 14.5 Å². The van der Waals surface area contributed by atoms with Gasteiger partial charge >= 0.3 is 5.82 Å². The maximum Gasteiger partial charge on any atom is 0.304 e. The lowest BCUT2D eigenvalue weighted by molar-refractivity contribution is -0.719. The van der Waals surface area contributed by atoms with Crippen LogP contribution in [0.5, 0.6) is 0 Å². The molecule has 5 heterocycles. The second-order valence-electron chi connectivity index (χ2n) is 19.9. The monoisotopic (exact) mass is 857 g/mol. The Morgan fingerprint density at radius 3 is 2.20 bits per heavy atom. The van der Waals surface area contributed by atoms with E-state index >= 15 is 4.39 Å². The van der Waals surface area contributed by atoms with E-state index in [0.717, 1.165) is 63.7 Å². The largest absolute Gasteiger partial charge is 0.455 e. The van der Waals surface area contributed by atoms with Crippen LogP contribution < -0.4 is 14.3 Å². The lowest BCUT2D eigenvalue weighted by atomic mass is 9.77. The van der Waals surface area contributed by atoms with Crippen molar-refractivity contribution in [2.75, 3.05) is 0 Å². The highest BCUT2D eigenvalue weighted by Gasteiger charge is 2.45. The Kier molecular flexibility index (Phi) is 9.55. The van der Waals surface area contributed by atoms with Gasteiger partial charge in [0.2, 0.25) is 5.69 Å². The molecule has 0 radical (unpaired) electrons. The van der Waals surface area contributed by atoms with Crippen molar-refractivity contribution in [3.05, 3.63) is 174 Å². The number of fused-ring (bicyclic) bond motifs is 15. The number of benzene rings is 6. The molecule has 0 spiro atoms. The molecule has 2 aliphatic heterocycles. The smallest absolute Gasteiger partial charge is 0.304 e. The quantitative estimate of drug-likeness (QED) is 0.125. The summed E-state index contributed by atoms with van der Waals surface area (Å²) in [4.78, 5) is 0. The van der Waals surface area contributed by atoms with E-state index in [-0.39, 0.29) is 29.6 Å². The van der Waals surface area contributed by atoms with Crippen molar-refractivity contribution >= 4 is 51.9 Å². The van der Waals surface area contributed by atoms with Gasteiger partial charge in [0.1, 0.15) is 28.3 Å². The highest BCUT2D eigenvalue weighted by molar-refractivity contribution is 6.88. The number of furan rings is 1. The molecule has 2 unspecified atom stereocenters. The first-order valence-corrected chi connectivity index (χ1v) is 26.6. The summed E-state index contributed by atoms with van der Waals surface area (Å²) in [6.07, 6.45) is 5.00. The molecule has 6 heteroatoms. The minimum absolute atomic E-state index is 0.137. The van der Waals surface area contributed by atoms with E-state index in [0.29, 0.717) is 5.58 Å².